The maximum atomic E-state index is 11.9. The Morgan fingerprint density at radius 2 is 2.00 bits per heavy atom. The molecular weight excluding hydrogens is 250 g/mol. The molecule has 1 aromatic rings. The second kappa shape index (κ2) is 6.31. The summed E-state index contributed by atoms with van der Waals surface area (Å²) < 4.78 is 28.0. The van der Waals surface area contributed by atoms with Gasteiger partial charge in [0.05, 0.1) is 6.61 Å². The van der Waals surface area contributed by atoms with Gasteiger partial charge in [-0.2, -0.15) is 8.78 Å². The molecule has 0 aliphatic carbocycles. The maximum absolute atomic E-state index is 11.9. The monoisotopic (exact) mass is 262 g/mol. The van der Waals surface area contributed by atoms with Gasteiger partial charge < -0.3 is 20.5 Å². The first-order valence-corrected chi connectivity index (χ1v) is 5.18. The molecule has 0 heterocycles. The molecule has 3 N–H and O–H groups in total. The molecule has 0 aliphatic heterocycles. The summed E-state index contributed by atoms with van der Waals surface area (Å²) in [6.45, 7) is -2.73. The molecule has 0 radical (unpaired) electrons. The van der Waals surface area contributed by atoms with Crippen molar-refractivity contribution < 1.29 is 18.6 Å². The highest BCUT2D eigenvalue weighted by atomic mass is 32.1. The lowest BCUT2D eigenvalue weighted by Gasteiger charge is -2.21. The average molecular weight is 262 g/mol. The Hall–Kier alpha value is -1.47. The number of thiocarbonyl (C=S) groups is 1. The Morgan fingerprint density at radius 3 is 2.41 bits per heavy atom. The van der Waals surface area contributed by atoms with Gasteiger partial charge in [0.15, 0.2) is 5.11 Å². The van der Waals surface area contributed by atoms with E-state index < -0.39 is 6.61 Å². The molecule has 7 heteroatoms. The number of ether oxygens (including phenoxy) is 1. The Kier molecular flexibility index (Phi) is 5.05. The van der Waals surface area contributed by atoms with Crippen LogP contribution >= 0.6 is 12.2 Å². The Balaban J connectivity index is 2.80. The summed E-state index contributed by atoms with van der Waals surface area (Å²) in [5.74, 6) is 0.0515. The molecule has 0 aliphatic rings. The highest BCUT2D eigenvalue weighted by Crippen LogP contribution is 2.20. The minimum atomic E-state index is -2.86. The molecule has 1 aromatic carbocycles. The van der Waals surface area contributed by atoms with Crippen molar-refractivity contribution >= 4 is 23.0 Å². The van der Waals surface area contributed by atoms with E-state index in [4.69, 9.17) is 23.1 Å². The number of alkyl halides is 2. The van der Waals surface area contributed by atoms with Crippen molar-refractivity contribution in [3.63, 3.8) is 0 Å². The number of rotatable bonds is 5. The van der Waals surface area contributed by atoms with Crippen molar-refractivity contribution in [2.75, 3.05) is 18.1 Å². The van der Waals surface area contributed by atoms with Gasteiger partial charge in [0, 0.05) is 12.2 Å². The fourth-order valence-electron chi connectivity index (χ4n) is 1.27. The minimum Gasteiger partial charge on any atom is -0.435 e. The molecule has 0 saturated carbocycles. The summed E-state index contributed by atoms with van der Waals surface area (Å²) in [5, 5.41) is 8.94. The van der Waals surface area contributed by atoms with E-state index in [1.807, 2.05) is 0 Å². The molecule has 94 valence electrons. The molecule has 0 amide bonds. The number of aliphatic hydroxyl groups is 1. The summed E-state index contributed by atoms with van der Waals surface area (Å²) in [7, 11) is 0. The van der Waals surface area contributed by atoms with Crippen molar-refractivity contribution in [2.24, 2.45) is 5.73 Å². The zero-order chi connectivity index (χ0) is 12.8. The van der Waals surface area contributed by atoms with Gasteiger partial charge in [0.1, 0.15) is 5.75 Å². The lowest BCUT2D eigenvalue weighted by atomic mass is 10.3. The first kappa shape index (κ1) is 13.6. The summed E-state index contributed by atoms with van der Waals surface area (Å²) in [5.41, 5.74) is 6.07. The highest BCUT2D eigenvalue weighted by molar-refractivity contribution is 7.80. The number of aliphatic hydroxyl groups excluding tert-OH is 1. The van der Waals surface area contributed by atoms with Gasteiger partial charge in [-0.1, -0.05) is 0 Å². The standard InChI is InChI=1S/C10H12F2N2O2S/c11-9(12)16-8-3-1-7(2-4-8)14(5-6-15)10(13)17/h1-4,9,15H,5-6H2,(H2,13,17). The molecule has 0 fully saturated rings. The van der Waals surface area contributed by atoms with Crippen molar-refractivity contribution in [2.45, 2.75) is 6.61 Å². The van der Waals surface area contributed by atoms with E-state index in [0.29, 0.717) is 5.69 Å². The maximum Gasteiger partial charge on any atom is 0.387 e. The minimum absolute atomic E-state index is 0.0515. The van der Waals surface area contributed by atoms with Crippen LogP contribution in [-0.4, -0.2) is 30.0 Å². The van der Waals surface area contributed by atoms with Crippen LogP contribution in [0.1, 0.15) is 0 Å². The van der Waals surface area contributed by atoms with Crippen LogP contribution in [0.25, 0.3) is 0 Å². The predicted molar refractivity (Wildman–Crippen MR) is 64.3 cm³/mol. The van der Waals surface area contributed by atoms with E-state index in [1.165, 1.54) is 29.2 Å². The van der Waals surface area contributed by atoms with E-state index in [2.05, 4.69) is 4.74 Å². The van der Waals surface area contributed by atoms with Gasteiger partial charge in [0.25, 0.3) is 0 Å². The summed E-state index contributed by atoms with van der Waals surface area (Å²) >= 11 is 4.81. The van der Waals surface area contributed by atoms with Crippen LogP contribution in [0.5, 0.6) is 5.75 Å². The van der Waals surface area contributed by atoms with Crippen LogP contribution < -0.4 is 15.4 Å². The topological polar surface area (TPSA) is 58.7 Å². The van der Waals surface area contributed by atoms with E-state index in [9.17, 15) is 8.78 Å². The molecule has 0 bridgehead atoms. The third-order valence-electron chi connectivity index (χ3n) is 1.96. The molecule has 4 nitrogen and oxygen atoms in total. The third-order valence-corrected chi connectivity index (χ3v) is 2.18. The summed E-state index contributed by atoms with van der Waals surface area (Å²) in [4.78, 5) is 1.49. The Morgan fingerprint density at radius 1 is 1.41 bits per heavy atom. The lowest BCUT2D eigenvalue weighted by Crippen LogP contribution is -2.37. The molecule has 17 heavy (non-hydrogen) atoms. The Labute approximate surface area is 103 Å². The fourth-order valence-corrected chi connectivity index (χ4v) is 1.47. The van der Waals surface area contributed by atoms with E-state index in [1.54, 1.807) is 0 Å². The van der Waals surface area contributed by atoms with Crippen LogP contribution in [-0.2, 0) is 0 Å². The first-order valence-electron chi connectivity index (χ1n) is 4.77. The molecule has 0 atom stereocenters. The van der Waals surface area contributed by atoms with E-state index in [-0.39, 0.29) is 24.0 Å². The number of nitrogens with two attached hydrogens (primary N) is 1. The molecule has 0 aromatic heterocycles. The van der Waals surface area contributed by atoms with Crippen LogP contribution in [0.15, 0.2) is 24.3 Å². The summed E-state index contributed by atoms with van der Waals surface area (Å²) in [6.07, 6.45) is 0. The molecule has 0 spiro atoms. The van der Waals surface area contributed by atoms with Gasteiger partial charge >= 0.3 is 6.61 Å². The number of halogens is 2. The smallest absolute Gasteiger partial charge is 0.387 e. The second-order valence-electron chi connectivity index (χ2n) is 3.09. The predicted octanol–water partition coefficient (Wildman–Crippen LogP) is 1.33. The SMILES string of the molecule is NC(=S)N(CCO)c1ccc(OC(F)F)cc1. The number of nitrogens with zero attached hydrogens (tertiary/aromatic N) is 1. The summed E-state index contributed by atoms with van der Waals surface area (Å²) in [6, 6.07) is 5.83. The van der Waals surface area contributed by atoms with Crippen LogP contribution in [0.2, 0.25) is 0 Å². The van der Waals surface area contributed by atoms with Crippen LogP contribution in [0.4, 0.5) is 14.5 Å². The quantitative estimate of drug-likeness (QED) is 0.784. The fraction of sp³-hybridized carbons (Fsp3) is 0.300. The van der Waals surface area contributed by atoms with E-state index >= 15 is 0 Å². The van der Waals surface area contributed by atoms with Crippen molar-refractivity contribution in [1.29, 1.82) is 0 Å². The number of hydrogen-bond acceptors (Lipinski definition) is 3. The van der Waals surface area contributed by atoms with Crippen LogP contribution in [0, 0.1) is 0 Å². The molecule has 0 saturated heterocycles. The van der Waals surface area contributed by atoms with E-state index in [0.717, 1.165) is 0 Å². The lowest BCUT2D eigenvalue weighted by molar-refractivity contribution is -0.0498. The van der Waals surface area contributed by atoms with Crippen molar-refractivity contribution in [3.8, 4) is 5.75 Å². The normalized spacial score (nSPS) is 10.4. The largest absolute Gasteiger partial charge is 0.435 e. The molecule has 1 rings (SSSR count). The molecular formula is C10H12F2N2O2S. The number of benzene rings is 1. The van der Waals surface area contributed by atoms with Crippen LogP contribution in [0.3, 0.4) is 0 Å². The average Bonchev–Trinajstić information content (AvgIpc) is 2.26. The van der Waals surface area contributed by atoms with Gasteiger partial charge in [0.2, 0.25) is 0 Å². The Bertz CT molecular complexity index is 373. The van der Waals surface area contributed by atoms with Crippen molar-refractivity contribution in [1.82, 2.24) is 0 Å². The third kappa shape index (κ3) is 4.12. The number of hydrogen-bond donors (Lipinski definition) is 2. The van der Waals surface area contributed by atoms with Gasteiger partial charge in [-0.25, -0.2) is 0 Å². The van der Waals surface area contributed by atoms with Gasteiger partial charge in [-0.15, -0.1) is 0 Å². The highest BCUT2D eigenvalue weighted by Gasteiger charge is 2.09. The van der Waals surface area contributed by atoms with Crippen molar-refractivity contribution in [3.05, 3.63) is 24.3 Å². The first-order chi connectivity index (χ1) is 8.04. The zero-order valence-electron chi connectivity index (χ0n) is 8.85. The zero-order valence-corrected chi connectivity index (χ0v) is 9.66. The van der Waals surface area contributed by atoms with Gasteiger partial charge in [-0.05, 0) is 36.5 Å². The molecule has 0 unspecified atom stereocenters. The number of anilines is 1. The second-order valence-corrected chi connectivity index (χ2v) is 3.50. The van der Waals surface area contributed by atoms with Gasteiger partial charge in [-0.3, -0.25) is 0 Å².